The Bertz CT molecular complexity index is 1310. The van der Waals surface area contributed by atoms with E-state index in [2.05, 4.69) is 35.9 Å². The Hall–Kier alpha value is -3.72. The number of hydrogen-bond donors (Lipinski definition) is 3. The molecule has 1 aromatic heterocycles. The summed E-state index contributed by atoms with van der Waals surface area (Å²) in [6.07, 6.45) is 2.46. The van der Waals surface area contributed by atoms with Gasteiger partial charge in [-0.25, -0.2) is 8.42 Å². The standard InChI is InChI=1S/C23H24N4O4S/c1-14(2)18-10-5-6-11-20(18)25-21(13-19(24)15(3)28)23-26-22(27-31-23)16-8-7-9-17(12-16)32(4,29)30/h5-14,24-25,28H,3H2,1-2,4H3/b21-13-,24-19?. The number of rotatable bonds is 8. The molecule has 3 aromatic rings. The van der Waals surface area contributed by atoms with Crippen LogP contribution in [0.3, 0.4) is 0 Å². The zero-order valence-electron chi connectivity index (χ0n) is 18.0. The lowest BCUT2D eigenvalue weighted by atomic mass is 10.0. The monoisotopic (exact) mass is 452 g/mol. The average molecular weight is 453 g/mol. The molecular weight excluding hydrogens is 428 g/mol. The molecule has 0 spiro atoms. The predicted octanol–water partition coefficient (Wildman–Crippen LogP) is 4.81. The SMILES string of the molecule is C=C(O)C(=N)/C=C(\Nc1ccccc1C(C)C)c1nc(-c2cccc(S(C)(=O)=O)c2)no1. The van der Waals surface area contributed by atoms with Crippen LogP contribution in [0, 0.1) is 5.41 Å². The van der Waals surface area contributed by atoms with E-state index in [1.807, 2.05) is 24.3 Å². The predicted molar refractivity (Wildman–Crippen MR) is 124 cm³/mol. The number of para-hydroxylation sites is 1. The lowest BCUT2D eigenvalue weighted by molar-refractivity contribution is 0.408. The van der Waals surface area contributed by atoms with Crippen LogP contribution in [0.25, 0.3) is 17.1 Å². The van der Waals surface area contributed by atoms with E-state index >= 15 is 0 Å². The molecule has 8 nitrogen and oxygen atoms in total. The van der Waals surface area contributed by atoms with Crippen molar-refractivity contribution in [1.82, 2.24) is 10.1 Å². The van der Waals surface area contributed by atoms with E-state index in [1.54, 1.807) is 12.1 Å². The number of allylic oxidation sites excluding steroid dienone is 1. The molecule has 0 radical (unpaired) electrons. The molecule has 0 amide bonds. The van der Waals surface area contributed by atoms with Crippen LogP contribution in [0.1, 0.15) is 31.2 Å². The second kappa shape index (κ2) is 9.19. The van der Waals surface area contributed by atoms with Crippen LogP contribution in [-0.2, 0) is 9.84 Å². The third-order valence-electron chi connectivity index (χ3n) is 4.63. The summed E-state index contributed by atoms with van der Waals surface area (Å²) in [5, 5.41) is 24.7. The molecule has 1 heterocycles. The molecule has 0 aliphatic rings. The quantitative estimate of drug-likeness (QED) is 0.330. The van der Waals surface area contributed by atoms with Crippen molar-refractivity contribution in [3.63, 3.8) is 0 Å². The first kappa shape index (κ1) is 23.0. The Morgan fingerprint density at radius 3 is 2.59 bits per heavy atom. The molecule has 0 aliphatic heterocycles. The number of nitrogens with one attached hydrogen (secondary N) is 2. The Labute approximate surface area is 186 Å². The van der Waals surface area contributed by atoms with Gasteiger partial charge in [-0.3, -0.25) is 5.41 Å². The minimum Gasteiger partial charge on any atom is -0.506 e. The molecule has 3 N–H and O–H groups in total. The maximum atomic E-state index is 11.9. The van der Waals surface area contributed by atoms with Crippen molar-refractivity contribution in [3.05, 3.63) is 78.4 Å². The fraction of sp³-hybridized carbons (Fsp3) is 0.174. The summed E-state index contributed by atoms with van der Waals surface area (Å²) in [4.78, 5) is 4.51. The molecule has 0 bridgehead atoms. The molecule has 0 atom stereocenters. The smallest absolute Gasteiger partial charge is 0.274 e. The van der Waals surface area contributed by atoms with Crippen LogP contribution >= 0.6 is 0 Å². The van der Waals surface area contributed by atoms with Gasteiger partial charge in [0.05, 0.1) is 10.6 Å². The van der Waals surface area contributed by atoms with Crippen molar-refractivity contribution in [2.45, 2.75) is 24.7 Å². The molecule has 0 fully saturated rings. The van der Waals surface area contributed by atoms with Crippen LogP contribution in [-0.4, -0.2) is 35.6 Å². The van der Waals surface area contributed by atoms with E-state index in [4.69, 9.17) is 9.93 Å². The summed E-state index contributed by atoms with van der Waals surface area (Å²) in [5.41, 5.74) is 2.34. The number of aromatic nitrogens is 2. The second-order valence-corrected chi connectivity index (χ2v) is 9.52. The van der Waals surface area contributed by atoms with E-state index in [9.17, 15) is 13.5 Å². The highest BCUT2D eigenvalue weighted by molar-refractivity contribution is 7.90. The highest BCUT2D eigenvalue weighted by Gasteiger charge is 2.18. The summed E-state index contributed by atoms with van der Waals surface area (Å²) < 4.78 is 29.1. The van der Waals surface area contributed by atoms with E-state index in [1.165, 1.54) is 18.2 Å². The number of nitrogens with zero attached hydrogens (tertiary/aromatic N) is 2. The lowest BCUT2D eigenvalue weighted by Gasteiger charge is -2.15. The number of benzene rings is 2. The third kappa shape index (κ3) is 5.30. The minimum atomic E-state index is -3.40. The van der Waals surface area contributed by atoms with Gasteiger partial charge >= 0.3 is 0 Å². The van der Waals surface area contributed by atoms with Crippen LogP contribution < -0.4 is 5.32 Å². The van der Waals surface area contributed by atoms with Crippen LogP contribution in [0.4, 0.5) is 5.69 Å². The summed E-state index contributed by atoms with van der Waals surface area (Å²) in [6.45, 7) is 7.49. The first-order valence-electron chi connectivity index (χ1n) is 9.75. The van der Waals surface area contributed by atoms with Crippen molar-refractivity contribution in [1.29, 1.82) is 5.41 Å². The summed E-state index contributed by atoms with van der Waals surface area (Å²) in [6, 6.07) is 13.9. The van der Waals surface area contributed by atoms with Gasteiger partial charge in [0.15, 0.2) is 9.84 Å². The lowest BCUT2D eigenvalue weighted by Crippen LogP contribution is -2.06. The van der Waals surface area contributed by atoms with Gasteiger partial charge in [-0.05, 0) is 35.8 Å². The first-order chi connectivity index (χ1) is 15.1. The van der Waals surface area contributed by atoms with E-state index in [0.717, 1.165) is 17.5 Å². The normalized spacial score (nSPS) is 12.1. The van der Waals surface area contributed by atoms with Gasteiger partial charge in [-0.2, -0.15) is 4.98 Å². The van der Waals surface area contributed by atoms with Crippen LogP contribution in [0.15, 0.2) is 76.4 Å². The largest absolute Gasteiger partial charge is 0.506 e. The summed E-state index contributed by atoms with van der Waals surface area (Å²) in [7, 11) is -3.40. The zero-order chi connectivity index (χ0) is 23.5. The van der Waals surface area contributed by atoms with Crippen molar-refractivity contribution in [3.8, 4) is 11.4 Å². The summed E-state index contributed by atoms with van der Waals surface area (Å²) >= 11 is 0. The number of sulfone groups is 1. The van der Waals surface area contributed by atoms with Crippen molar-refractivity contribution < 1.29 is 18.0 Å². The van der Waals surface area contributed by atoms with Gasteiger partial charge in [0.25, 0.3) is 5.89 Å². The molecule has 0 saturated heterocycles. The Balaban J connectivity index is 2.04. The van der Waals surface area contributed by atoms with Gasteiger partial charge in [0.2, 0.25) is 5.82 Å². The average Bonchev–Trinajstić information content (AvgIpc) is 3.23. The van der Waals surface area contributed by atoms with Crippen molar-refractivity contribution in [2.24, 2.45) is 0 Å². The molecule has 0 aliphatic carbocycles. The van der Waals surface area contributed by atoms with E-state index < -0.39 is 15.6 Å². The number of aliphatic hydroxyl groups excluding tert-OH is 1. The summed E-state index contributed by atoms with van der Waals surface area (Å²) in [5.74, 6) is 0.0604. The molecule has 0 saturated carbocycles. The molecule has 166 valence electrons. The Morgan fingerprint density at radius 2 is 1.94 bits per heavy atom. The molecule has 3 rings (SSSR count). The maximum Gasteiger partial charge on any atom is 0.274 e. The first-order valence-corrected chi connectivity index (χ1v) is 11.6. The van der Waals surface area contributed by atoms with Gasteiger partial charge in [0.1, 0.15) is 11.5 Å². The molecular formula is C23H24N4O4S. The topological polar surface area (TPSA) is 129 Å². The molecule has 9 heteroatoms. The highest BCUT2D eigenvalue weighted by atomic mass is 32.2. The third-order valence-corrected chi connectivity index (χ3v) is 5.74. The van der Waals surface area contributed by atoms with Crippen LogP contribution in [0.2, 0.25) is 0 Å². The van der Waals surface area contributed by atoms with Gasteiger partial charge < -0.3 is 14.9 Å². The number of aliphatic hydroxyl groups is 1. The van der Waals surface area contributed by atoms with Gasteiger partial charge in [0, 0.05) is 17.5 Å². The maximum absolute atomic E-state index is 11.9. The van der Waals surface area contributed by atoms with Gasteiger partial charge in [-0.1, -0.05) is 55.9 Å². The molecule has 0 unspecified atom stereocenters. The van der Waals surface area contributed by atoms with E-state index in [-0.39, 0.29) is 33.9 Å². The molecule has 32 heavy (non-hydrogen) atoms. The van der Waals surface area contributed by atoms with Gasteiger partial charge in [-0.15, -0.1) is 0 Å². The van der Waals surface area contributed by atoms with Crippen LogP contribution in [0.5, 0.6) is 0 Å². The van der Waals surface area contributed by atoms with Crippen molar-refractivity contribution >= 4 is 26.9 Å². The van der Waals surface area contributed by atoms with E-state index in [0.29, 0.717) is 5.56 Å². The zero-order valence-corrected chi connectivity index (χ0v) is 18.8. The number of hydrogen-bond acceptors (Lipinski definition) is 8. The fourth-order valence-corrected chi connectivity index (χ4v) is 3.62. The number of anilines is 1. The van der Waals surface area contributed by atoms with Crippen molar-refractivity contribution in [2.75, 3.05) is 11.6 Å². The minimum absolute atomic E-state index is 0.0642. The second-order valence-electron chi connectivity index (χ2n) is 7.51. The highest BCUT2D eigenvalue weighted by Crippen LogP contribution is 2.28. The fourth-order valence-electron chi connectivity index (χ4n) is 2.95. The molecule has 2 aromatic carbocycles. The Kier molecular flexibility index (Phi) is 6.59. The Morgan fingerprint density at radius 1 is 1.22 bits per heavy atom.